The van der Waals surface area contributed by atoms with E-state index in [9.17, 15) is 4.79 Å². The van der Waals surface area contributed by atoms with E-state index in [4.69, 9.17) is 4.74 Å². The number of hydrogen-bond acceptors (Lipinski definition) is 2. The molecule has 0 saturated carbocycles. The Hall–Kier alpha value is -0.790. The predicted molar refractivity (Wildman–Crippen MR) is 114 cm³/mol. The molecule has 0 radical (unpaired) electrons. The lowest BCUT2D eigenvalue weighted by atomic mass is 9.96. The molecule has 0 aromatic rings. The number of hydrogen-bond donors (Lipinski definition) is 0. The van der Waals surface area contributed by atoms with Crippen LogP contribution < -0.4 is 0 Å². The van der Waals surface area contributed by atoms with E-state index in [1.165, 1.54) is 89.9 Å². The zero-order valence-electron chi connectivity index (χ0n) is 18.1. The van der Waals surface area contributed by atoms with Gasteiger partial charge >= 0.3 is 5.97 Å². The minimum atomic E-state index is -0.179. The Morgan fingerprint density at radius 1 is 0.769 bits per heavy atom. The number of unbranched alkanes of at least 4 members (excludes halogenated alkanes) is 12. The summed E-state index contributed by atoms with van der Waals surface area (Å²) < 4.78 is 5.38. The molecular formula is C24H46O2. The summed E-state index contributed by atoms with van der Waals surface area (Å²) in [5.74, 6) is 0.352. The third-order valence-corrected chi connectivity index (χ3v) is 5.17. The normalized spacial score (nSPS) is 12.1. The van der Waals surface area contributed by atoms with Gasteiger partial charge < -0.3 is 4.74 Å². The Labute approximate surface area is 164 Å². The number of carbonyl (C=O) groups is 1. The molecule has 0 saturated heterocycles. The topological polar surface area (TPSA) is 26.3 Å². The van der Waals surface area contributed by atoms with E-state index < -0.39 is 0 Å². The van der Waals surface area contributed by atoms with E-state index in [1.807, 2.05) is 0 Å². The number of esters is 1. The van der Waals surface area contributed by atoms with Gasteiger partial charge in [-0.2, -0.15) is 0 Å². The average molecular weight is 367 g/mol. The average Bonchev–Trinajstić information content (AvgIpc) is 2.63. The summed E-state index contributed by atoms with van der Waals surface area (Å²) in [6.45, 7) is 11.2. The lowest BCUT2D eigenvalue weighted by Crippen LogP contribution is -2.11. The van der Waals surface area contributed by atoms with Crippen molar-refractivity contribution in [3.8, 4) is 0 Å². The standard InChI is InChI=1S/C24H46O2/c1-5-7-9-11-12-13-14-15-16-18-20-26-24(25)23(4)21-22(3)19-17-10-8-6-2/h22H,4-21H2,1-3H3. The van der Waals surface area contributed by atoms with Gasteiger partial charge in [0.1, 0.15) is 0 Å². The van der Waals surface area contributed by atoms with Gasteiger partial charge in [0.05, 0.1) is 6.61 Å². The maximum Gasteiger partial charge on any atom is 0.333 e. The summed E-state index contributed by atoms with van der Waals surface area (Å²) in [5, 5.41) is 0. The molecule has 0 N–H and O–H groups in total. The summed E-state index contributed by atoms with van der Waals surface area (Å²) in [7, 11) is 0. The van der Waals surface area contributed by atoms with Crippen LogP contribution >= 0.6 is 0 Å². The summed E-state index contributed by atoms with van der Waals surface area (Å²) in [4.78, 5) is 12.0. The Kier molecular flexibility index (Phi) is 18.4. The molecule has 154 valence electrons. The second-order valence-electron chi connectivity index (χ2n) is 8.08. The lowest BCUT2D eigenvalue weighted by Gasteiger charge is -2.13. The van der Waals surface area contributed by atoms with Crippen molar-refractivity contribution < 1.29 is 9.53 Å². The molecule has 1 unspecified atom stereocenters. The summed E-state index contributed by atoms with van der Waals surface area (Å²) in [5.41, 5.74) is 0.653. The molecule has 2 nitrogen and oxygen atoms in total. The van der Waals surface area contributed by atoms with Gasteiger partial charge in [-0.05, 0) is 18.8 Å². The molecule has 1 atom stereocenters. The second-order valence-corrected chi connectivity index (χ2v) is 8.08. The molecule has 0 aromatic carbocycles. The maximum absolute atomic E-state index is 12.0. The minimum Gasteiger partial charge on any atom is -0.462 e. The number of rotatable bonds is 19. The van der Waals surface area contributed by atoms with Gasteiger partial charge in [-0.3, -0.25) is 0 Å². The SMILES string of the molecule is C=C(CC(C)CCCCCC)C(=O)OCCCCCCCCCCCC. The van der Waals surface area contributed by atoms with Crippen LogP contribution in [0.5, 0.6) is 0 Å². The summed E-state index contributed by atoms with van der Waals surface area (Å²) in [6.07, 6.45) is 20.1. The largest absolute Gasteiger partial charge is 0.462 e. The second kappa shape index (κ2) is 19.0. The molecule has 0 aromatic heterocycles. The van der Waals surface area contributed by atoms with Crippen LogP contribution in [0.2, 0.25) is 0 Å². The smallest absolute Gasteiger partial charge is 0.333 e. The Balaban J connectivity index is 3.47. The van der Waals surface area contributed by atoms with Crippen LogP contribution in [0.25, 0.3) is 0 Å². The van der Waals surface area contributed by atoms with Crippen LogP contribution in [0.15, 0.2) is 12.2 Å². The van der Waals surface area contributed by atoms with Crippen molar-refractivity contribution in [2.24, 2.45) is 5.92 Å². The van der Waals surface area contributed by atoms with E-state index in [0.717, 1.165) is 12.8 Å². The fourth-order valence-electron chi connectivity index (χ4n) is 3.38. The molecule has 2 heteroatoms. The highest BCUT2D eigenvalue weighted by Gasteiger charge is 2.12. The molecular weight excluding hydrogens is 320 g/mol. The fraction of sp³-hybridized carbons (Fsp3) is 0.875. The molecule has 26 heavy (non-hydrogen) atoms. The van der Waals surface area contributed by atoms with E-state index in [0.29, 0.717) is 18.1 Å². The van der Waals surface area contributed by atoms with Crippen LogP contribution in [-0.2, 0) is 9.53 Å². The van der Waals surface area contributed by atoms with Crippen molar-refractivity contribution >= 4 is 5.97 Å². The van der Waals surface area contributed by atoms with Gasteiger partial charge in [-0.15, -0.1) is 0 Å². The van der Waals surface area contributed by atoms with Crippen molar-refractivity contribution in [1.82, 2.24) is 0 Å². The van der Waals surface area contributed by atoms with Crippen LogP contribution in [0.4, 0.5) is 0 Å². The Morgan fingerprint density at radius 2 is 1.23 bits per heavy atom. The quantitative estimate of drug-likeness (QED) is 0.131. The van der Waals surface area contributed by atoms with Crippen LogP contribution in [0, 0.1) is 5.92 Å². The first-order valence-electron chi connectivity index (χ1n) is 11.5. The Bertz CT molecular complexity index is 335. The molecule has 0 aliphatic carbocycles. The first-order chi connectivity index (χ1) is 12.6. The van der Waals surface area contributed by atoms with Gasteiger partial charge in [0, 0.05) is 5.57 Å². The maximum atomic E-state index is 12.0. The molecule has 0 bridgehead atoms. The summed E-state index contributed by atoms with van der Waals surface area (Å²) >= 11 is 0. The van der Waals surface area contributed by atoms with E-state index >= 15 is 0 Å². The van der Waals surface area contributed by atoms with Gasteiger partial charge in [0.25, 0.3) is 0 Å². The van der Waals surface area contributed by atoms with E-state index in [2.05, 4.69) is 27.4 Å². The third kappa shape index (κ3) is 16.7. The molecule has 0 aliphatic rings. The Morgan fingerprint density at radius 3 is 1.77 bits per heavy atom. The molecule has 0 spiro atoms. The highest BCUT2D eigenvalue weighted by atomic mass is 16.5. The number of ether oxygens (including phenoxy) is 1. The van der Waals surface area contributed by atoms with E-state index in [-0.39, 0.29) is 5.97 Å². The minimum absolute atomic E-state index is 0.179. The van der Waals surface area contributed by atoms with Crippen molar-refractivity contribution in [2.45, 2.75) is 124 Å². The zero-order chi connectivity index (χ0) is 19.5. The van der Waals surface area contributed by atoms with Crippen molar-refractivity contribution in [3.05, 3.63) is 12.2 Å². The zero-order valence-corrected chi connectivity index (χ0v) is 18.1. The van der Waals surface area contributed by atoms with Crippen LogP contribution in [0.1, 0.15) is 124 Å². The van der Waals surface area contributed by atoms with Crippen LogP contribution in [-0.4, -0.2) is 12.6 Å². The molecule has 0 rings (SSSR count). The third-order valence-electron chi connectivity index (χ3n) is 5.17. The first-order valence-corrected chi connectivity index (χ1v) is 11.5. The molecule has 0 fully saturated rings. The van der Waals surface area contributed by atoms with Crippen LogP contribution in [0.3, 0.4) is 0 Å². The van der Waals surface area contributed by atoms with Gasteiger partial charge in [0.15, 0.2) is 0 Å². The van der Waals surface area contributed by atoms with Gasteiger partial charge in [0.2, 0.25) is 0 Å². The number of carbonyl (C=O) groups excluding carboxylic acids is 1. The lowest BCUT2D eigenvalue weighted by molar-refractivity contribution is -0.139. The predicted octanol–water partition coefficient (Wildman–Crippen LogP) is 8.00. The van der Waals surface area contributed by atoms with Gasteiger partial charge in [-0.1, -0.05) is 117 Å². The highest BCUT2D eigenvalue weighted by molar-refractivity contribution is 5.87. The first kappa shape index (κ1) is 25.2. The molecule has 0 heterocycles. The molecule has 0 amide bonds. The molecule has 0 aliphatic heterocycles. The van der Waals surface area contributed by atoms with Crippen molar-refractivity contribution in [2.75, 3.05) is 6.61 Å². The van der Waals surface area contributed by atoms with Gasteiger partial charge in [-0.25, -0.2) is 4.79 Å². The van der Waals surface area contributed by atoms with Crippen molar-refractivity contribution in [3.63, 3.8) is 0 Å². The van der Waals surface area contributed by atoms with E-state index in [1.54, 1.807) is 0 Å². The van der Waals surface area contributed by atoms with Crippen molar-refractivity contribution in [1.29, 1.82) is 0 Å². The monoisotopic (exact) mass is 366 g/mol. The fourth-order valence-corrected chi connectivity index (χ4v) is 3.38. The summed E-state index contributed by atoms with van der Waals surface area (Å²) in [6, 6.07) is 0. The highest BCUT2D eigenvalue weighted by Crippen LogP contribution is 2.18.